The molecule has 0 bridgehead atoms. The minimum atomic E-state index is -0.619. The first kappa shape index (κ1) is 23.2. The molecule has 1 heterocycles. The fraction of sp³-hybridized carbons (Fsp3) is 0.259. The van der Waals surface area contributed by atoms with Gasteiger partial charge in [0.2, 0.25) is 5.91 Å². The summed E-state index contributed by atoms with van der Waals surface area (Å²) in [4.78, 5) is 27.4. The Bertz CT molecular complexity index is 1180. The Hall–Kier alpha value is -4.00. The third-order valence-corrected chi connectivity index (χ3v) is 5.75. The van der Waals surface area contributed by atoms with Gasteiger partial charge in [-0.1, -0.05) is 30.3 Å². The van der Waals surface area contributed by atoms with E-state index >= 15 is 0 Å². The Morgan fingerprint density at radius 3 is 2.56 bits per heavy atom. The van der Waals surface area contributed by atoms with Gasteiger partial charge in [-0.3, -0.25) is 9.59 Å². The Kier molecular flexibility index (Phi) is 7.01. The van der Waals surface area contributed by atoms with Crippen molar-refractivity contribution in [2.24, 2.45) is 0 Å². The fourth-order valence-corrected chi connectivity index (χ4v) is 3.98. The van der Waals surface area contributed by atoms with Gasteiger partial charge in [0.15, 0.2) is 6.10 Å². The molecular formula is C27H28N2O5. The summed E-state index contributed by atoms with van der Waals surface area (Å²) in [6.45, 7) is 2.50. The lowest BCUT2D eigenvalue weighted by molar-refractivity contribution is -0.138. The summed E-state index contributed by atoms with van der Waals surface area (Å²) in [7, 11) is 3.22. The van der Waals surface area contributed by atoms with Crippen LogP contribution in [-0.4, -0.2) is 37.0 Å². The number of carbonyl (C=O) groups is 2. The third kappa shape index (κ3) is 5.31. The Morgan fingerprint density at radius 2 is 1.82 bits per heavy atom. The summed E-state index contributed by atoms with van der Waals surface area (Å²) in [5.41, 5.74) is 3.28. The lowest BCUT2D eigenvalue weighted by Crippen LogP contribution is -2.37. The van der Waals surface area contributed by atoms with Crippen molar-refractivity contribution in [1.82, 2.24) is 4.90 Å². The molecule has 3 aromatic carbocycles. The molecular weight excluding hydrogens is 432 g/mol. The number of anilines is 1. The van der Waals surface area contributed by atoms with Gasteiger partial charge in [0.1, 0.15) is 17.2 Å². The predicted octanol–water partition coefficient (Wildman–Crippen LogP) is 4.19. The number of para-hydroxylation sites is 1. The smallest absolute Gasteiger partial charge is 0.263 e. The second kappa shape index (κ2) is 10.3. The number of rotatable bonds is 7. The molecule has 3 aromatic rings. The van der Waals surface area contributed by atoms with E-state index in [9.17, 15) is 9.59 Å². The van der Waals surface area contributed by atoms with Crippen molar-refractivity contribution in [2.45, 2.75) is 32.5 Å². The first-order valence-corrected chi connectivity index (χ1v) is 11.1. The maximum Gasteiger partial charge on any atom is 0.263 e. The van der Waals surface area contributed by atoms with Gasteiger partial charge in [0, 0.05) is 29.9 Å². The molecule has 176 valence electrons. The average molecular weight is 461 g/mol. The standard InChI is InChI=1S/C27H28N2O5/c1-18-27(31)29(16-20-6-4-5-7-24(20)33-3)17-21-15-22(10-13-25(21)34-18)28-26(30)14-19-8-11-23(32-2)12-9-19/h4-13,15,18H,14,16-17H2,1-3H3,(H,28,30). The summed E-state index contributed by atoms with van der Waals surface area (Å²) in [5, 5.41) is 2.95. The molecule has 0 spiro atoms. The maximum absolute atomic E-state index is 13.0. The molecule has 1 aliphatic rings. The summed E-state index contributed by atoms with van der Waals surface area (Å²) in [6, 6.07) is 20.5. The monoisotopic (exact) mass is 460 g/mol. The topological polar surface area (TPSA) is 77.1 Å². The van der Waals surface area contributed by atoms with E-state index in [1.165, 1.54) is 0 Å². The van der Waals surface area contributed by atoms with Crippen LogP contribution in [0.4, 0.5) is 5.69 Å². The quantitative estimate of drug-likeness (QED) is 0.572. The molecule has 4 rings (SSSR count). The zero-order valence-electron chi connectivity index (χ0n) is 19.5. The molecule has 0 radical (unpaired) electrons. The van der Waals surface area contributed by atoms with Crippen molar-refractivity contribution in [3.63, 3.8) is 0 Å². The zero-order chi connectivity index (χ0) is 24.1. The molecule has 0 fully saturated rings. The maximum atomic E-state index is 13.0. The predicted molar refractivity (Wildman–Crippen MR) is 129 cm³/mol. The zero-order valence-corrected chi connectivity index (χ0v) is 19.5. The highest BCUT2D eigenvalue weighted by Crippen LogP contribution is 2.30. The number of ether oxygens (including phenoxy) is 3. The van der Waals surface area contributed by atoms with Gasteiger partial charge in [0.25, 0.3) is 5.91 Å². The molecule has 1 unspecified atom stereocenters. The number of amides is 2. The number of methoxy groups -OCH3 is 2. The van der Waals surface area contributed by atoms with Crippen LogP contribution in [0.2, 0.25) is 0 Å². The Labute approximate surface area is 199 Å². The molecule has 7 heteroatoms. The molecule has 1 N–H and O–H groups in total. The van der Waals surface area contributed by atoms with Gasteiger partial charge in [-0.15, -0.1) is 0 Å². The van der Waals surface area contributed by atoms with Crippen LogP contribution < -0.4 is 19.5 Å². The lowest BCUT2D eigenvalue weighted by Gasteiger charge is -2.23. The molecule has 0 aliphatic carbocycles. The number of nitrogens with zero attached hydrogens (tertiary/aromatic N) is 1. The summed E-state index contributed by atoms with van der Waals surface area (Å²) >= 11 is 0. The van der Waals surface area contributed by atoms with E-state index in [0.717, 1.165) is 28.2 Å². The normalized spacial score (nSPS) is 15.1. The molecule has 0 aromatic heterocycles. The summed E-state index contributed by atoms with van der Waals surface area (Å²) in [5.74, 6) is 1.88. The van der Waals surface area contributed by atoms with Crippen LogP contribution in [0, 0.1) is 0 Å². The van der Waals surface area contributed by atoms with Crippen molar-refractivity contribution in [3.05, 3.63) is 83.4 Å². The third-order valence-electron chi connectivity index (χ3n) is 5.75. The number of carbonyl (C=O) groups excluding carboxylic acids is 2. The lowest BCUT2D eigenvalue weighted by atomic mass is 10.1. The van der Waals surface area contributed by atoms with Gasteiger partial charge in [0.05, 0.1) is 20.6 Å². The van der Waals surface area contributed by atoms with Crippen molar-refractivity contribution in [2.75, 3.05) is 19.5 Å². The summed E-state index contributed by atoms with van der Waals surface area (Å²) in [6.07, 6.45) is -0.376. The van der Waals surface area contributed by atoms with Crippen molar-refractivity contribution >= 4 is 17.5 Å². The van der Waals surface area contributed by atoms with Crippen molar-refractivity contribution < 1.29 is 23.8 Å². The SMILES string of the molecule is COc1ccc(CC(=O)Nc2ccc3c(c2)CN(Cc2ccccc2OC)C(=O)C(C)O3)cc1. The van der Waals surface area contributed by atoms with E-state index in [0.29, 0.717) is 24.5 Å². The summed E-state index contributed by atoms with van der Waals surface area (Å²) < 4.78 is 16.5. The van der Waals surface area contributed by atoms with Crippen LogP contribution in [0.15, 0.2) is 66.7 Å². The molecule has 1 aliphatic heterocycles. The van der Waals surface area contributed by atoms with Crippen LogP contribution >= 0.6 is 0 Å². The van der Waals surface area contributed by atoms with Gasteiger partial charge < -0.3 is 24.4 Å². The highest BCUT2D eigenvalue weighted by Gasteiger charge is 2.28. The van der Waals surface area contributed by atoms with E-state index in [4.69, 9.17) is 14.2 Å². The van der Waals surface area contributed by atoms with Crippen LogP contribution in [-0.2, 0) is 29.1 Å². The van der Waals surface area contributed by atoms with Crippen molar-refractivity contribution in [1.29, 1.82) is 0 Å². The van der Waals surface area contributed by atoms with Crippen LogP contribution in [0.3, 0.4) is 0 Å². The average Bonchev–Trinajstić information content (AvgIpc) is 2.96. The fourth-order valence-electron chi connectivity index (χ4n) is 3.98. The first-order valence-electron chi connectivity index (χ1n) is 11.1. The van der Waals surface area contributed by atoms with Crippen molar-refractivity contribution in [3.8, 4) is 17.2 Å². The van der Waals surface area contributed by atoms with Gasteiger partial charge in [-0.2, -0.15) is 0 Å². The number of fused-ring (bicyclic) bond motifs is 1. The van der Waals surface area contributed by atoms with Gasteiger partial charge >= 0.3 is 0 Å². The molecule has 0 saturated heterocycles. The van der Waals surface area contributed by atoms with E-state index < -0.39 is 6.10 Å². The first-order chi connectivity index (χ1) is 16.5. The number of benzene rings is 3. The Morgan fingerprint density at radius 1 is 1.06 bits per heavy atom. The van der Waals surface area contributed by atoms with E-state index in [2.05, 4.69) is 5.32 Å². The Balaban J connectivity index is 1.50. The minimum Gasteiger partial charge on any atom is -0.497 e. The van der Waals surface area contributed by atoms with E-state index in [1.807, 2.05) is 54.6 Å². The number of hydrogen-bond donors (Lipinski definition) is 1. The van der Waals surface area contributed by atoms with Crippen LogP contribution in [0.1, 0.15) is 23.6 Å². The number of nitrogens with one attached hydrogen (secondary N) is 1. The van der Waals surface area contributed by atoms with Gasteiger partial charge in [-0.25, -0.2) is 0 Å². The minimum absolute atomic E-state index is 0.104. The van der Waals surface area contributed by atoms with Crippen LogP contribution in [0.25, 0.3) is 0 Å². The second-order valence-corrected chi connectivity index (χ2v) is 8.16. The molecule has 1 atom stereocenters. The molecule has 34 heavy (non-hydrogen) atoms. The highest BCUT2D eigenvalue weighted by molar-refractivity contribution is 5.92. The molecule has 2 amide bonds. The van der Waals surface area contributed by atoms with E-state index in [-0.39, 0.29) is 18.2 Å². The van der Waals surface area contributed by atoms with Gasteiger partial charge in [-0.05, 0) is 48.9 Å². The second-order valence-electron chi connectivity index (χ2n) is 8.16. The largest absolute Gasteiger partial charge is 0.497 e. The number of hydrogen-bond acceptors (Lipinski definition) is 5. The molecule has 7 nitrogen and oxygen atoms in total. The van der Waals surface area contributed by atoms with Crippen LogP contribution in [0.5, 0.6) is 17.2 Å². The highest BCUT2D eigenvalue weighted by atomic mass is 16.5. The molecule has 0 saturated carbocycles. The van der Waals surface area contributed by atoms with E-state index in [1.54, 1.807) is 38.2 Å².